The number of alkyl carbamates (subject to hydrolysis) is 1. The Morgan fingerprint density at radius 2 is 1.29 bits per heavy atom. The predicted octanol–water partition coefficient (Wildman–Crippen LogP) is 4.13. The van der Waals surface area contributed by atoms with Crippen molar-refractivity contribution in [3.63, 3.8) is 0 Å². The normalized spacial score (nSPS) is 11.8. The fourth-order valence-electron chi connectivity index (χ4n) is 4.75. The molecule has 0 aliphatic rings. The Kier molecular flexibility index (Phi) is 13.3. The van der Waals surface area contributed by atoms with Crippen LogP contribution in [0.25, 0.3) is 0 Å². The van der Waals surface area contributed by atoms with E-state index in [0.717, 1.165) is 16.7 Å². The maximum atomic E-state index is 13.4. The number of carbonyl (C=O) groups is 4. The molecule has 0 aliphatic heterocycles. The van der Waals surface area contributed by atoms with Crippen molar-refractivity contribution in [1.29, 1.82) is 0 Å². The van der Waals surface area contributed by atoms with Crippen LogP contribution in [0.15, 0.2) is 103 Å². The minimum Gasteiger partial charge on any atom is -0.494 e. The van der Waals surface area contributed by atoms with Crippen LogP contribution in [0, 0.1) is 0 Å². The van der Waals surface area contributed by atoms with Crippen molar-refractivity contribution in [2.75, 3.05) is 6.61 Å². The van der Waals surface area contributed by atoms with Gasteiger partial charge in [0.15, 0.2) is 0 Å². The number of nitrogens with zero attached hydrogens (tertiary/aromatic N) is 1. The third-order valence-electron chi connectivity index (χ3n) is 7.22. The molecule has 3 aromatic carbocycles. The van der Waals surface area contributed by atoms with E-state index < -0.39 is 36.1 Å². The average Bonchev–Trinajstić information content (AvgIpc) is 3.10. The first kappa shape index (κ1) is 35.0. The Morgan fingerprint density at radius 3 is 1.92 bits per heavy atom. The number of nitrogens with one attached hydrogen (secondary N) is 4. The van der Waals surface area contributed by atoms with Gasteiger partial charge in [-0.25, -0.2) is 9.59 Å². The number of amides is 4. The highest BCUT2D eigenvalue weighted by molar-refractivity contribution is 5.91. The summed E-state index contributed by atoms with van der Waals surface area (Å²) in [5, 5.41) is 20.0. The van der Waals surface area contributed by atoms with Gasteiger partial charge in [-0.3, -0.25) is 14.6 Å². The van der Waals surface area contributed by atoms with Crippen LogP contribution in [0.5, 0.6) is 5.75 Å². The molecule has 4 amide bonds. The van der Waals surface area contributed by atoms with Crippen molar-refractivity contribution in [3.8, 4) is 5.75 Å². The van der Waals surface area contributed by atoms with Gasteiger partial charge in [0, 0.05) is 38.3 Å². The number of carbonyl (C=O) groups excluding carboxylic acids is 3. The first-order valence-corrected chi connectivity index (χ1v) is 15.5. The summed E-state index contributed by atoms with van der Waals surface area (Å²) in [5.74, 6) is -0.434. The molecule has 12 heteroatoms. The van der Waals surface area contributed by atoms with Gasteiger partial charge < -0.3 is 35.8 Å². The number of ether oxygens (including phenoxy) is 2. The summed E-state index contributed by atoms with van der Waals surface area (Å²) in [6.07, 6.45) is 1.52. The van der Waals surface area contributed by atoms with Gasteiger partial charge in [0.05, 0.1) is 6.61 Å². The quantitative estimate of drug-likeness (QED) is 0.120. The second-order valence-electron chi connectivity index (χ2n) is 10.9. The van der Waals surface area contributed by atoms with Crippen molar-refractivity contribution in [2.45, 2.75) is 51.5 Å². The fraction of sp³-hybridized carbons (Fsp3) is 0.250. The van der Waals surface area contributed by atoms with E-state index in [-0.39, 0.29) is 32.5 Å². The molecule has 0 saturated heterocycles. The highest BCUT2D eigenvalue weighted by Crippen LogP contribution is 2.14. The summed E-state index contributed by atoms with van der Waals surface area (Å²) in [7, 11) is 0. The van der Waals surface area contributed by atoms with Crippen molar-refractivity contribution < 1.29 is 33.8 Å². The number of pyridine rings is 1. The molecular formula is C36H39N5O7. The Labute approximate surface area is 278 Å². The lowest BCUT2D eigenvalue weighted by molar-refractivity contribution is -0.130. The lowest BCUT2D eigenvalue weighted by Crippen LogP contribution is -2.54. The van der Waals surface area contributed by atoms with E-state index in [0.29, 0.717) is 23.5 Å². The lowest BCUT2D eigenvalue weighted by atomic mass is 10.0. The Morgan fingerprint density at radius 1 is 0.688 bits per heavy atom. The monoisotopic (exact) mass is 653 g/mol. The number of benzene rings is 3. The Bertz CT molecular complexity index is 1620. The number of carboxylic acid groups (broad SMARTS) is 1. The highest BCUT2D eigenvalue weighted by Gasteiger charge is 2.27. The molecule has 2 atom stereocenters. The van der Waals surface area contributed by atoms with Gasteiger partial charge in [0.2, 0.25) is 11.8 Å². The standard InChI is InChI=1S/C36H39N5O7/c1-2-47-30-16-14-25(15-17-30)19-32(41-35(44)45)34(43)40-31(20-29-9-6-18-37-21-29)33(42)38-22-26-10-12-27(13-11-26)23-39-36(46)48-24-28-7-4-3-5-8-28/h3-18,21,31-32,41H,2,19-20,22-24H2,1H3,(H,38,42)(H,39,46)(H,40,43)(H,44,45)/t31-,32+/m0/s1. The fourth-order valence-corrected chi connectivity index (χ4v) is 4.75. The van der Waals surface area contributed by atoms with Crippen molar-refractivity contribution in [3.05, 3.63) is 131 Å². The summed E-state index contributed by atoms with van der Waals surface area (Å²) in [4.78, 5) is 54.5. The van der Waals surface area contributed by atoms with Gasteiger partial charge in [-0.2, -0.15) is 0 Å². The smallest absolute Gasteiger partial charge is 0.407 e. The predicted molar refractivity (Wildman–Crippen MR) is 178 cm³/mol. The topological polar surface area (TPSA) is 168 Å². The van der Waals surface area contributed by atoms with Gasteiger partial charge in [0.25, 0.3) is 0 Å². The highest BCUT2D eigenvalue weighted by atomic mass is 16.5. The van der Waals surface area contributed by atoms with Crippen LogP contribution >= 0.6 is 0 Å². The molecule has 0 bridgehead atoms. The van der Waals surface area contributed by atoms with Gasteiger partial charge in [-0.05, 0) is 52.9 Å². The molecule has 4 aromatic rings. The Hall–Kier alpha value is -5.91. The zero-order valence-electron chi connectivity index (χ0n) is 26.6. The molecule has 0 radical (unpaired) electrons. The molecule has 48 heavy (non-hydrogen) atoms. The van der Waals surface area contributed by atoms with E-state index in [1.165, 1.54) is 0 Å². The van der Waals surface area contributed by atoms with Crippen LogP contribution in [0.3, 0.4) is 0 Å². The summed E-state index contributed by atoms with van der Waals surface area (Å²) in [6.45, 7) is 2.98. The minimum atomic E-state index is -1.36. The summed E-state index contributed by atoms with van der Waals surface area (Å²) >= 11 is 0. The maximum absolute atomic E-state index is 13.4. The van der Waals surface area contributed by atoms with Gasteiger partial charge in [-0.15, -0.1) is 0 Å². The van der Waals surface area contributed by atoms with E-state index in [2.05, 4.69) is 26.3 Å². The van der Waals surface area contributed by atoms with Gasteiger partial charge in [0.1, 0.15) is 24.4 Å². The second kappa shape index (κ2) is 18.3. The SMILES string of the molecule is CCOc1ccc(C[C@@H](NC(=O)O)C(=O)N[C@@H](Cc2cccnc2)C(=O)NCc2ccc(CNC(=O)OCc3ccccc3)cc2)cc1. The molecule has 0 fully saturated rings. The van der Waals surface area contributed by atoms with E-state index in [1.54, 1.807) is 48.8 Å². The first-order valence-electron chi connectivity index (χ1n) is 15.5. The number of hydrogen-bond donors (Lipinski definition) is 5. The molecule has 0 aliphatic carbocycles. The third kappa shape index (κ3) is 11.8. The molecule has 4 rings (SSSR count). The van der Waals surface area contributed by atoms with E-state index in [9.17, 15) is 24.3 Å². The molecule has 1 heterocycles. The summed E-state index contributed by atoms with van der Waals surface area (Å²) < 4.78 is 10.7. The van der Waals surface area contributed by atoms with Crippen molar-refractivity contribution >= 4 is 24.0 Å². The van der Waals surface area contributed by atoms with Crippen LogP contribution in [-0.2, 0) is 46.9 Å². The Balaban J connectivity index is 1.34. The van der Waals surface area contributed by atoms with Crippen molar-refractivity contribution in [2.24, 2.45) is 0 Å². The maximum Gasteiger partial charge on any atom is 0.407 e. The number of rotatable bonds is 16. The molecule has 250 valence electrons. The van der Waals surface area contributed by atoms with E-state index >= 15 is 0 Å². The molecule has 0 spiro atoms. The summed E-state index contributed by atoms with van der Waals surface area (Å²) in [6, 6.07) is 25.1. The molecule has 0 unspecified atom stereocenters. The van der Waals surface area contributed by atoms with E-state index in [1.807, 2.05) is 61.5 Å². The molecule has 12 nitrogen and oxygen atoms in total. The molecule has 0 saturated carbocycles. The molecule has 1 aromatic heterocycles. The largest absolute Gasteiger partial charge is 0.494 e. The zero-order valence-corrected chi connectivity index (χ0v) is 26.6. The lowest BCUT2D eigenvalue weighted by Gasteiger charge is -2.23. The van der Waals surface area contributed by atoms with Crippen LogP contribution in [-0.4, -0.2) is 52.8 Å². The van der Waals surface area contributed by atoms with Gasteiger partial charge in [-0.1, -0.05) is 72.8 Å². The second-order valence-corrected chi connectivity index (χ2v) is 10.9. The van der Waals surface area contributed by atoms with E-state index in [4.69, 9.17) is 9.47 Å². The minimum absolute atomic E-state index is 0.0672. The zero-order chi connectivity index (χ0) is 34.1. The molecule has 5 N–H and O–H groups in total. The number of aromatic nitrogens is 1. The van der Waals surface area contributed by atoms with Crippen LogP contribution < -0.4 is 26.0 Å². The van der Waals surface area contributed by atoms with Crippen LogP contribution in [0.1, 0.15) is 34.7 Å². The average molecular weight is 654 g/mol. The molecular weight excluding hydrogens is 614 g/mol. The third-order valence-corrected chi connectivity index (χ3v) is 7.22. The first-order chi connectivity index (χ1) is 23.3. The number of hydrogen-bond acceptors (Lipinski definition) is 7. The van der Waals surface area contributed by atoms with Gasteiger partial charge >= 0.3 is 12.2 Å². The van der Waals surface area contributed by atoms with Crippen LogP contribution in [0.2, 0.25) is 0 Å². The van der Waals surface area contributed by atoms with Crippen molar-refractivity contribution in [1.82, 2.24) is 26.3 Å². The van der Waals surface area contributed by atoms with Crippen LogP contribution in [0.4, 0.5) is 9.59 Å². The summed E-state index contributed by atoms with van der Waals surface area (Å²) in [5.41, 5.74) is 3.95.